The largest absolute Gasteiger partial charge is 0.504 e. The van der Waals surface area contributed by atoms with Crippen LogP contribution < -0.4 is 0 Å². The highest BCUT2D eigenvalue weighted by Gasteiger charge is 2.12. The Hall–Kier alpha value is -1.60. The van der Waals surface area contributed by atoms with Crippen molar-refractivity contribution in [2.75, 3.05) is 0 Å². The summed E-state index contributed by atoms with van der Waals surface area (Å²) in [5, 5.41) is 17.8. The van der Waals surface area contributed by atoms with E-state index in [4.69, 9.17) is 5.26 Å². The van der Waals surface area contributed by atoms with Crippen molar-refractivity contribution in [3.8, 4) is 11.8 Å². The van der Waals surface area contributed by atoms with Gasteiger partial charge >= 0.3 is 0 Å². The number of aromatic hydroxyl groups is 1. The van der Waals surface area contributed by atoms with Gasteiger partial charge in [-0.25, -0.2) is 0 Å². The fourth-order valence-electron chi connectivity index (χ4n) is 1.36. The van der Waals surface area contributed by atoms with Gasteiger partial charge in [0.05, 0.1) is 12.5 Å². The quantitative estimate of drug-likeness (QED) is 0.781. The van der Waals surface area contributed by atoms with Crippen LogP contribution in [0.25, 0.3) is 10.1 Å². The van der Waals surface area contributed by atoms with E-state index in [1.54, 1.807) is 18.2 Å². The highest BCUT2D eigenvalue weighted by Crippen LogP contribution is 2.37. The van der Waals surface area contributed by atoms with Crippen molar-refractivity contribution < 1.29 is 9.50 Å². The SMILES string of the molecule is N#CCc1cccc2c(O)c(F)sc12. The average Bonchev–Trinajstić information content (AvgIpc) is 2.46. The molecule has 1 aromatic carbocycles. The molecular weight excluding hydrogens is 201 g/mol. The van der Waals surface area contributed by atoms with Crippen molar-refractivity contribution in [3.05, 3.63) is 28.9 Å². The summed E-state index contributed by atoms with van der Waals surface area (Å²) in [7, 11) is 0. The molecule has 2 nitrogen and oxygen atoms in total. The highest BCUT2D eigenvalue weighted by molar-refractivity contribution is 7.18. The van der Waals surface area contributed by atoms with Crippen LogP contribution in [0.1, 0.15) is 5.56 Å². The molecule has 0 saturated heterocycles. The fraction of sp³-hybridized carbons (Fsp3) is 0.100. The number of hydrogen-bond acceptors (Lipinski definition) is 3. The van der Waals surface area contributed by atoms with Gasteiger partial charge in [0.2, 0.25) is 5.13 Å². The molecule has 0 aliphatic heterocycles. The molecule has 0 aliphatic carbocycles. The van der Waals surface area contributed by atoms with Gasteiger partial charge in [0.15, 0.2) is 5.75 Å². The summed E-state index contributed by atoms with van der Waals surface area (Å²) in [5.74, 6) is -0.315. The van der Waals surface area contributed by atoms with Crippen LogP contribution in [-0.4, -0.2) is 5.11 Å². The van der Waals surface area contributed by atoms with Gasteiger partial charge < -0.3 is 5.11 Å². The molecule has 70 valence electrons. The predicted molar refractivity (Wildman–Crippen MR) is 52.8 cm³/mol. The molecule has 0 fully saturated rings. The van der Waals surface area contributed by atoms with Gasteiger partial charge in [0, 0.05) is 10.1 Å². The lowest BCUT2D eigenvalue weighted by molar-refractivity contribution is 0.448. The Morgan fingerprint density at radius 3 is 3.00 bits per heavy atom. The van der Waals surface area contributed by atoms with E-state index in [0.717, 1.165) is 16.9 Å². The minimum absolute atomic E-state index is 0.233. The van der Waals surface area contributed by atoms with Crippen molar-refractivity contribution in [3.63, 3.8) is 0 Å². The van der Waals surface area contributed by atoms with E-state index in [1.807, 2.05) is 6.07 Å². The molecule has 2 aromatic rings. The van der Waals surface area contributed by atoms with Gasteiger partial charge in [-0.1, -0.05) is 12.1 Å². The Morgan fingerprint density at radius 1 is 1.50 bits per heavy atom. The van der Waals surface area contributed by atoms with Gasteiger partial charge in [0.1, 0.15) is 0 Å². The lowest BCUT2D eigenvalue weighted by Gasteiger charge is -1.95. The first kappa shape index (κ1) is 8.97. The minimum atomic E-state index is -0.592. The molecule has 2 rings (SSSR count). The summed E-state index contributed by atoms with van der Waals surface area (Å²) in [5.41, 5.74) is 0.759. The van der Waals surface area contributed by atoms with Crippen LogP contribution in [0, 0.1) is 16.5 Å². The average molecular weight is 207 g/mol. The van der Waals surface area contributed by atoms with E-state index in [0.29, 0.717) is 10.1 Å². The monoisotopic (exact) mass is 207 g/mol. The van der Waals surface area contributed by atoms with E-state index >= 15 is 0 Å². The number of nitriles is 1. The van der Waals surface area contributed by atoms with E-state index in [9.17, 15) is 9.50 Å². The summed E-state index contributed by atoms with van der Waals surface area (Å²) in [6, 6.07) is 7.13. The Balaban J connectivity index is 2.76. The Labute approximate surface area is 83.8 Å². The van der Waals surface area contributed by atoms with Gasteiger partial charge in [-0.2, -0.15) is 9.65 Å². The molecule has 14 heavy (non-hydrogen) atoms. The van der Waals surface area contributed by atoms with Crippen molar-refractivity contribution in [1.29, 1.82) is 5.26 Å². The third kappa shape index (κ3) is 1.22. The molecule has 0 saturated carbocycles. The highest BCUT2D eigenvalue weighted by atomic mass is 32.1. The summed E-state index contributed by atoms with van der Waals surface area (Å²) in [4.78, 5) is 0. The Bertz CT molecular complexity index is 527. The number of thiophene rings is 1. The van der Waals surface area contributed by atoms with Gasteiger partial charge in [0.25, 0.3) is 0 Å². The molecule has 0 aliphatic rings. The van der Waals surface area contributed by atoms with E-state index in [-0.39, 0.29) is 12.2 Å². The first-order chi connectivity index (χ1) is 6.74. The molecule has 0 bridgehead atoms. The molecule has 0 atom stereocenters. The van der Waals surface area contributed by atoms with Crippen LogP contribution in [0.5, 0.6) is 5.75 Å². The molecule has 4 heteroatoms. The normalized spacial score (nSPS) is 10.3. The third-order valence-corrected chi connectivity index (χ3v) is 3.06. The molecule has 1 heterocycles. The zero-order chi connectivity index (χ0) is 10.1. The maximum atomic E-state index is 13.0. The summed E-state index contributed by atoms with van der Waals surface area (Å²) >= 11 is 0.878. The van der Waals surface area contributed by atoms with Crippen LogP contribution in [0.3, 0.4) is 0 Å². The Morgan fingerprint density at radius 2 is 2.29 bits per heavy atom. The molecule has 0 spiro atoms. The van der Waals surface area contributed by atoms with Gasteiger partial charge in [-0.3, -0.25) is 0 Å². The van der Waals surface area contributed by atoms with Crippen LogP contribution in [0.2, 0.25) is 0 Å². The lowest BCUT2D eigenvalue weighted by Crippen LogP contribution is -1.79. The first-order valence-corrected chi connectivity index (χ1v) is 4.81. The summed E-state index contributed by atoms with van der Waals surface area (Å²) in [6.07, 6.45) is 0.233. The molecule has 0 amide bonds. The topological polar surface area (TPSA) is 44.0 Å². The van der Waals surface area contributed by atoms with E-state index in [1.165, 1.54) is 0 Å². The summed E-state index contributed by atoms with van der Waals surface area (Å²) in [6.45, 7) is 0. The maximum absolute atomic E-state index is 13.0. The summed E-state index contributed by atoms with van der Waals surface area (Å²) < 4.78 is 13.7. The number of rotatable bonds is 1. The second kappa shape index (κ2) is 3.28. The fourth-order valence-corrected chi connectivity index (χ4v) is 2.29. The Kier molecular flexibility index (Phi) is 2.10. The molecular formula is C10H6FNOS. The number of halogens is 1. The molecule has 0 unspecified atom stereocenters. The molecule has 1 N–H and O–H groups in total. The number of fused-ring (bicyclic) bond motifs is 1. The van der Waals surface area contributed by atoms with Crippen LogP contribution >= 0.6 is 11.3 Å². The van der Waals surface area contributed by atoms with E-state index < -0.39 is 5.13 Å². The number of hydrogen-bond donors (Lipinski definition) is 1. The lowest BCUT2D eigenvalue weighted by atomic mass is 10.1. The van der Waals surface area contributed by atoms with Crippen LogP contribution in [-0.2, 0) is 6.42 Å². The van der Waals surface area contributed by atoms with E-state index in [2.05, 4.69) is 0 Å². The zero-order valence-electron chi connectivity index (χ0n) is 7.12. The minimum Gasteiger partial charge on any atom is -0.504 e. The van der Waals surface area contributed by atoms with Gasteiger partial charge in [-0.15, -0.1) is 11.3 Å². The second-order valence-electron chi connectivity index (χ2n) is 2.85. The zero-order valence-corrected chi connectivity index (χ0v) is 7.94. The standard InChI is InChI=1S/C10H6FNOS/c11-10-8(13)7-3-1-2-6(4-5-12)9(7)14-10/h1-3,13H,4H2. The smallest absolute Gasteiger partial charge is 0.219 e. The maximum Gasteiger partial charge on any atom is 0.219 e. The van der Waals surface area contributed by atoms with Crippen LogP contribution in [0.4, 0.5) is 4.39 Å². The first-order valence-electron chi connectivity index (χ1n) is 4.00. The van der Waals surface area contributed by atoms with Crippen LogP contribution in [0.15, 0.2) is 18.2 Å². The number of nitrogens with zero attached hydrogens (tertiary/aromatic N) is 1. The van der Waals surface area contributed by atoms with Gasteiger partial charge in [-0.05, 0) is 11.6 Å². The molecule has 1 aromatic heterocycles. The van der Waals surface area contributed by atoms with Crippen molar-refractivity contribution >= 4 is 21.4 Å². The van der Waals surface area contributed by atoms with Crippen molar-refractivity contribution in [2.45, 2.75) is 6.42 Å². The van der Waals surface area contributed by atoms with Crippen molar-refractivity contribution in [1.82, 2.24) is 0 Å². The predicted octanol–water partition coefficient (Wildman–Crippen LogP) is 2.81. The number of benzene rings is 1. The third-order valence-electron chi connectivity index (χ3n) is 2.00. The second-order valence-corrected chi connectivity index (χ2v) is 3.82. The molecule has 0 radical (unpaired) electrons. The van der Waals surface area contributed by atoms with Crippen molar-refractivity contribution in [2.24, 2.45) is 0 Å².